The Labute approximate surface area is 198 Å². The zero-order valence-electron chi connectivity index (χ0n) is 17.5. The first-order valence-corrected chi connectivity index (χ1v) is 12.9. The fraction of sp³-hybridized carbons (Fsp3) is 0.333. The monoisotopic (exact) mass is 489 g/mol. The first-order chi connectivity index (χ1) is 15.5. The van der Waals surface area contributed by atoms with Crippen LogP contribution in [0.3, 0.4) is 0 Å². The van der Waals surface area contributed by atoms with Gasteiger partial charge >= 0.3 is 0 Å². The lowest BCUT2D eigenvalue weighted by Gasteiger charge is -2.11. The van der Waals surface area contributed by atoms with Crippen LogP contribution in [0.5, 0.6) is 5.75 Å². The average Bonchev–Trinajstić information content (AvgIpc) is 3.37. The van der Waals surface area contributed by atoms with E-state index in [-0.39, 0.29) is 11.7 Å². The van der Waals surface area contributed by atoms with E-state index in [0.717, 1.165) is 47.6 Å². The molecule has 2 amide bonds. The Hall–Kier alpha value is -2.63. The van der Waals surface area contributed by atoms with Crippen LogP contribution < -0.4 is 21.1 Å². The van der Waals surface area contributed by atoms with Gasteiger partial charge in [-0.15, -0.1) is 21.5 Å². The van der Waals surface area contributed by atoms with Gasteiger partial charge in [-0.3, -0.25) is 9.59 Å². The van der Waals surface area contributed by atoms with E-state index in [9.17, 15) is 9.59 Å². The number of thiophene rings is 1. The molecule has 0 aliphatic heterocycles. The predicted octanol–water partition coefficient (Wildman–Crippen LogP) is 4.45. The number of nitrogens with one attached hydrogen (secondary N) is 2. The molecule has 0 spiro atoms. The van der Waals surface area contributed by atoms with Crippen molar-refractivity contribution in [1.82, 2.24) is 10.2 Å². The van der Waals surface area contributed by atoms with Crippen molar-refractivity contribution in [2.75, 3.05) is 23.0 Å². The molecule has 2 aromatic heterocycles. The van der Waals surface area contributed by atoms with Crippen molar-refractivity contribution in [3.8, 4) is 5.75 Å². The Morgan fingerprint density at radius 1 is 1.19 bits per heavy atom. The molecular weight excluding hydrogens is 466 g/mol. The third kappa shape index (κ3) is 5.22. The van der Waals surface area contributed by atoms with Crippen molar-refractivity contribution >= 4 is 62.1 Å². The zero-order chi connectivity index (χ0) is 22.5. The summed E-state index contributed by atoms with van der Waals surface area (Å²) in [6, 6.07) is 7.61. The number of hydrogen-bond donors (Lipinski definition) is 3. The number of rotatable bonds is 9. The van der Waals surface area contributed by atoms with Gasteiger partial charge in [0, 0.05) is 4.88 Å². The molecule has 8 nitrogen and oxygen atoms in total. The number of ether oxygens (including phenoxy) is 1. The quantitative estimate of drug-likeness (QED) is 0.380. The van der Waals surface area contributed by atoms with Crippen molar-refractivity contribution < 1.29 is 14.3 Å². The zero-order valence-corrected chi connectivity index (χ0v) is 19.9. The van der Waals surface area contributed by atoms with Crippen molar-refractivity contribution in [2.45, 2.75) is 36.9 Å². The number of nitrogens with zero attached hydrogens (tertiary/aromatic N) is 2. The molecule has 1 aliphatic rings. The molecule has 32 heavy (non-hydrogen) atoms. The second-order valence-corrected chi connectivity index (χ2v) is 10.3. The highest BCUT2D eigenvalue weighted by Gasteiger charge is 2.25. The number of nitrogens with two attached hydrogens (primary N) is 1. The van der Waals surface area contributed by atoms with E-state index in [2.05, 4.69) is 20.8 Å². The molecule has 1 aliphatic carbocycles. The molecule has 0 saturated heterocycles. The minimum Gasteiger partial charge on any atom is -0.492 e. The number of carbonyl (C=O) groups is 2. The highest BCUT2D eigenvalue weighted by atomic mass is 32.2. The van der Waals surface area contributed by atoms with Crippen molar-refractivity contribution in [3.05, 3.63) is 40.3 Å². The van der Waals surface area contributed by atoms with Crippen LogP contribution in [-0.2, 0) is 17.6 Å². The average molecular weight is 490 g/mol. The molecule has 4 rings (SSSR count). The maximum absolute atomic E-state index is 12.5. The van der Waals surface area contributed by atoms with Gasteiger partial charge in [-0.1, -0.05) is 35.2 Å². The number of aryl methyl sites for hydroxylation is 1. The fourth-order valence-electron chi connectivity index (χ4n) is 3.49. The van der Waals surface area contributed by atoms with E-state index in [1.165, 1.54) is 34.4 Å². The van der Waals surface area contributed by atoms with Gasteiger partial charge in [0.25, 0.3) is 5.91 Å². The molecular formula is C21H23N5O3S3. The second kappa shape index (κ2) is 10.3. The number of anilines is 3. The van der Waals surface area contributed by atoms with Crippen molar-refractivity contribution in [2.24, 2.45) is 5.73 Å². The van der Waals surface area contributed by atoms with Crippen LogP contribution in [0.4, 0.5) is 15.8 Å². The first kappa shape index (κ1) is 22.6. The van der Waals surface area contributed by atoms with E-state index in [4.69, 9.17) is 10.5 Å². The molecule has 2 heterocycles. The summed E-state index contributed by atoms with van der Waals surface area (Å²) in [5.74, 6) is 0.204. The number of benzene rings is 1. The summed E-state index contributed by atoms with van der Waals surface area (Å²) >= 11 is 4.11. The number of amides is 2. The van der Waals surface area contributed by atoms with Crippen LogP contribution in [0.1, 0.15) is 40.6 Å². The molecule has 0 atom stereocenters. The maximum Gasteiger partial charge on any atom is 0.251 e. The number of hydrogen-bond acceptors (Lipinski definition) is 9. The Balaban J connectivity index is 1.36. The molecule has 0 unspecified atom stereocenters. The molecule has 1 aromatic carbocycles. The normalized spacial score (nSPS) is 12.8. The lowest BCUT2D eigenvalue weighted by Crippen LogP contribution is -2.19. The SMILES string of the molecule is CCOc1ccccc1Nc1nnc(SCC(=O)Nc2sc3c(c2C(N)=O)CCCC3)s1. The van der Waals surface area contributed by atoms with Gasteiger partial charge in [-0.2, -0.15) is 0 Å². The minimum atomic E-state index is -0.487. The van der Waals surface area contributed by atoms with E-state index in [1.807, 2.05) is 31.2 Å². The largest absolute Gasteiger partial charge is 0.492 e. The lowest BCUT2D eigenvalue weighted by molar-refractivity contribution is -0.113. The van der Waals surface area contributed by atoms with Gasteiger partial charge < -0.3 is 21.1 Å². The van der Waals surface area contributed by atoms with Crippen LogP contribution in [0.2, 0.25) is 0 Å². The Morgan fingerprint density at radius 2 is 2.00 bits per heavy atom. The van der Waals surface area contributed by atoms with Gasteiger partial charge in [-0.25, -0.2) is 0 Å². The van der Waals surface area contributed by atoms with Crippen LogP contribution >= 0.6 is 34.4 Å². The molecule has 4 N–H and O–H groups in total. The second-order valence-electron chi connectivity index (χ2n) is 7.04. The summed E-state index contributed by atoms with van der Waals surface area (Å²) in [6.45, 7) is 2.50. The van der Waals surface area contributed by atoms with Gasteiger partial charge in [0.1, 0.15) is 10.8 Å². The fourth-order valence-corrected chi connectivity index (χ4v) is 6.36. The summed E-state index contributed by atoms with van der Waals surface area (Å²) in [6.07, 6.45) is 3.90. The highest BCUT2D eigenvalue weighted by Crippen LogP contribution is 2.38. The number of para-hydroxylation sites is 2. The van der Waals surface area contributed by atoms with Crippen LogP contribution in [0.25, 0.3) is 0 Å². The summed E-state index contributed by atoms with van der Waals surface area (Å²) in [7, 11) is 0. The number of thioether (sulfide) groups is 1. The molecule has 0 saturated carbocycles. The molecule has 0 radical (unpaired) electrons. The Kier molecular flexibility index (Phi) is 7.28. The minimum absolute atomic E-state index is 0.158. The summed E-state index contributed by atoms with van der Waals surface area (Å²) in [4.78, 5) is 25.7. The Bertz CT molecular complexity index is 1130. The van der Waals surface area contributed by atoms with E-state index < -0.39 is 5.91 Å². The van der Waals surface area contributed by atoms with Crippen LogP contribution in [-0.4, -0.2) is 34.4 Å². The summed E-state index contributed by atoms with van der Waals surface area (Å²) in [5.41, 5.74) is 7.88. The summed E-state index contributed by atoms with van der Waals surface area (Å²) < 4.78 is 6.28. The van der Waals surface area contributed by atoms with E-state index in [1.54, 1.807) is 0 Å². The molecule has 11 heteroatoms. The number of aromatic nitrogens is 2. The Morgan fingerprint density at radius 3 is 2.81 bits per heavy atom. The first-order valence-electron chi connectivity index (χ1n) is 10.2. The van der Waals surface area contributed by atoms with Gasteiger partial charge in [-0.05, 0) is 50.3 Å². The van der Waals surface area contributed by atoms with Gasteiger partial charge in [0.2, 0.25) is 11.0 Å². The summed E-state index contributed by atoms with van der Waals surface area (Å²) in [5, 5.41) is 15.5. The highest BCUT2D eigenvalue weighted by molar-refractivity contribution is 8.01. The molecule has 3 aromatic rings. The smallest absolute Gasteiger partial charge is 0.251 e. The van der Waals surface area contributed by atoms with E-state index in [0.29, 0.717) is 26.6 Å². The molecule has 0 bridgehead atoms. The number of carbonyl (C=O) groups excluding carboxylic acids is 2. The lowest BCUT2D eigenvalue weighted by atomic mass is 9.95. The third-order valence-corrected chi connectivity index (χ3v) is 8.01. The third-order valence-electron chi connectivity index (χ3n) is 4.83. The molecule has 168 valence electrons. The van der Waals surface area contributed by atoms with Crippen molar-refractivity contribution in [1.29, 1.82) is 0 Å². The maximum atomic E-state index is 12.5. The van der Waals surface area contributed by atoms with Crippen LogP contribution in [0.15, 0.2) is 28.6 Å². The van der Waals surface area contributed by atoms with Gasteiger partial charge in [0.15, 0.2) is 4.34 Å². The number of primary amides is 1. The number of fused-ring (bicyclic) bond motifs is 1. The molecule has 0 fully saturated rings. The van der Waals surface area contributed by atoms with Crippen molar-refractivity contribution in [3.63, 3.8) is 0 Å². The van der Waals surface area contributed by atoms with E-state index >= 15 is 0 Å². The standard InChI is InChI=1S/C21H23N5O3S3/c1-2-29-14-9-5-4-8-13(14)23-20-25-26-21(32-20)30-11-16(27)24-19-17(18(22)28)12-7-3-6-10-15(12)31-19/h4-5,8-9H,2-3,6-7,10-11H2,1H3,(H2,22,28)(H,23,25)(H,24,27). The van der Waals surface area contributed by atoms with Gasteiger partial charge in [0.05, 0.1) is 23.6 Å². The topological polar surface area (TPSA) is 119 Å². The predicted molar refractivity (Wildman–Crippen MR) is 130 cm³/mol. The van der Waals surface area contributed by atoms with Crippen LogP contribution in [0, 0.1) is 0 Å².